The summed E-state index contributed by atoms with van der Waals surface area (Å²) in [4.78, 5) is 4.74. The fraction of sp³-hybridized carbons (Fsp3) is 0.231. The van der Waals surface area contributed by atoms with Gasteiger partial charge >= 0.3 is 0 Å². The zero-order valence-electron chi connectivity index (χ0n) is 18.0. The minimum absolute atomic E-state index is 0.443. The van der Waals surface area contributed by atoms with Gasteiger partial charge < -0.3 is 0 Å². The van der Waals surface area contributed by atoms with Gasteiger partial charge in [-0.15, -0.1) is 0 Å². The van der Waals surface area contributed by atoms with Crippen molar-refractivity contribution in [1.82, 2.24) is 14.8 Å². The Morgan fingerprint density at radius 3 is 2.13 bits per heavy atom. The Balaban J connectivity index is 1.54. The average Bonchev–Trinajstić information content (AvgIpc) is 3.30. The van der Waals surface area contributed by atoms with Crippen molar-refractivity contribution in [3.63, 3.8) is 0 Å². The molecule has 0 spiro atoms. The maximum atomic E-state index is 13.0. The lowest BCUT2D eigenvalue weighted by molar-refractivity contribution is -0.158. The van der Waals surface area contributed by atoms with Crippen molar-refractivity contribution in [3.05, 3.63) is 72.6 Å². The van der Waals surface area contributed by atoms with Crippen LogP contribution in [0.1, 0.15) is 33.3 Å². The topological polar surface area (TPSA) is 53.3 Å². The molecule has 0 fully saturated rings. The summed E-state index contributed by atoms with van der Waals surface area (Å²) >= 11 is 0. The van der Waals surface area contributed by atoms with Crippen LogP contribution < -0.4 is 0 Å². The van der Waals surface area contributed by atoms with Gasteiger partial charge in [0.1, 0.15) is 0 Å². The quantitative estimate of drug-likeness (QED) is 0.351. The predicted molar refractivity (Wildman–Crippen MR) is 124 cm³/mol. The highest BCUT2D eigenvalue weighted by atomic mass is 16.5. The van der Waals surface area contributed by atoms with Crippen molar-refractivity contribution >= 4 is 38.2 Å². The molecule has 31 heavy (non-hydrogen) atoms. The van der Waals surface area contributed by atoms with E-state index in [9.17, 15) is 5.21 Å². The smallest absolute Gasteiger partial charge is 0.162 e. The Kier molecular flexibility index (Phi) is 3.45. The van der Waals surface area contributed by atoms with Gasteiger partial charge in [0.25, 0.3) is 0 Å². The van der Waals surface area contributed by atoms with Gasteiger partial charge in [0.05, 0.1) is 28.5 Å². The molecule has 1 radical (unpaired) electrons. The van der Waals surface area contributed by atoms with Crippen LogP contribution >= 0.6 is 0 Å². The molecule has 0 N–H and O–H groups in total. The zero-order valence-corrected chi connectivity index (χ0v) is 18.0. The first-order valence-corrected chi connectivity index (χ1v) is 10.6. The number of rotatable bonds is 2. The highest BCUT2D eigenvalue weighted by Gasteiger charge is 2.50. The molecule has 6 rings (SSSR count). The van der Waals surface area contributed by atoms with Crippen LogP contribution in [-0.4, -0.2) is 31.8 Å². The maximum Gasteiger partial charge on any atom is 0.162 e. The summed E-state index contributed by atoms with van der Waals surface area (Å²) in [7, 11) is 0. The molecule has 1 aliphatic heterocycles. The predicted octanol–water partition coefficient (Wildman–Crippen LogP) is 5.73. The Morgan fingerprint density at radius 2 is 1.45 bits per heavy atom. The first-order valence-electron chi connectivity index (χ1n) is 10.6. The van der Waals surface area contributed by atoms with Gasteiger partial charge in [-0.1, -0.05) is 53.7 Å². The van der Waals surface area contributed by atoms with Gasteiger partial charge in [0.2, 0.25) is 0 Å². The molecule has 0 atom stereocenters. The molecule has 2 heterocycles. The minimum atomic E-state index is -0.614. The molecule has 0 saturated heterocycles. The molecule has 1 aromatic heterocycles. The van der Waals surface area contributed by atoms with Crippen LogP contribution in [0.5, 0.6) is 0 Å². The Bertz CT molecular complexity index is 1490. The fourth-order valence-electron chi connectivity index (χ4n) is 4.63. The van der Waals surface area contributed by atoms with Crippen molar-refractivity contribution in [1.29, 1.82) is 0 Å². The number of aromatic nitrogens is 2. The van der Waals surface area contributed by atoms with Crippen molar-refractivity contribution < 1.29 is 5.21 Å². The summed E-state index contributed by atoms with van der Waals surface area (Å²) in [6, 6.07) is 19.3. The number of nitrogens with zero attached hydrogens (tertiary/aromatic N) is 4. The lowest BCUT2D eigenvalue weighted by atomic mass is 9.84. The van der Waals surface area contributed by atoms with E-state index in [1.807, 2.05) is 38.6 Å². The third-order valence-corrected chi connectivity index (χ3v) is 7.18. The number of benzene rings is 4. The Labute approximate surface area is 180 Å². The molecule has 153 valence electrons. The summed E-state index contributed by atoms with van der Waals surface area (Å²) in [5.74, 6) is 0.443. The Hall–Kier alpha value is -3.44. The van der Waals surface area contributed by atoms with Crippen LogP contribution in [0.2, 0.25) is 0 Å². The van der Waals surface area contributed by atoms with Crippen LogP contribution in [-0.2, 0) is 5.21 Å². The number of hydrogen-bond acceptors (Lipinski definition) is 3. The minimum Gasteiger partial charge on any atom is -0.257 e. The van der Waals surface area contributed by atoms with E-state index in [4.69, 9.17) is 4.99 Å². The highest BCUT2D eigenvalue weighted by molar-refractivity contribution is 6.24. The van der Waals surface area contributed by atoms with Gasteiger partial charge in [-0.05, 0) is 60.7 Å². The average molecular weight is 407 g/mol. The highest BCUT2D eigenvalue weighted by Crippen LogP contribution is 2.39. The normalized spacial score (nSPS) is 17.8. The first-order chi connectivity index (χ1) is 14.8. The summed E-state index contributed by atoms with van der Waals surface area (Å²) in [6.07, 6.45) is 3.65. The molecule has 5 aromatic rings. The van der Waals surface area contributed by atoms with Crippen LogP contribution in [0.25, 0.3) is 38.0 Å². The van der Waals surface area contributed by atoms with E-state index >= 15 is 0 Å². The Morgan fingerprint density at radius 1 is 0.806 bits per heavy atom. The SMILES string of the molecule is CC1(C)N=C(c2cnn(-c3ccc4ccc5cccc6ccc3c4c56)c2)N([O])C1(C)C. The molecule has 0 bridgehead atoms. The van der Waals surface area contributed by atoms with E-state index in [1.54, 1.807) is 6.20 Å². The molecule has 0 amide bonds. The van der Waals surface area contributed by atoms with Crippen molar-refractivity contribution in [2.75, 3.05) is 0 Å². The molecule has 0 saturated carbocycles. The standard InChI is InChI=1S/C26H23N4O/c1-25(2)26(3,4)30(31)24(28-25)19-14-27-29(15-19)21-13-11-18-9-8-16-6-5-7-17-10-12-20(21)23(18)22(16)17/h5-15H,1-4H3. The molecular weight excluding hydrogens is 384 g/mol. The second kappa shape index (κ2) is 5.83. The van der Waals surface area contributed by atoms with Crippen LogP contribution in [0, 0.1) is 0 Å². The van der Waals surface area contributed by atoms with E-state index < -0.39 is 11.1 Å². The van der Waals surface area contributed by atoms with E-state index in [1.165, 1.54) is 26.9 Å². The van der Waals surface area contributed by atoms with Gasteiger partial charge in [-0.2, -0.15) is 10.2 Å². The first kappa shape index (κ1) is 18.3. The molecule has 1 aliphatic rings. The molecule has 0 unspecified atom stereocenters. The van der Waals surface area contributed by atoms with Gasteiger partial charge in [-0.3, -0.25) is 4.99 Å². The largest absolute Gasteiger partial charge is 0.257 e. The van der Waals surface area contributed by atoms with E-state index in [-0.39, 0.29) is 0 Å². The van der Waals surface area contributed by atoms with Crippen molar-refractivity contribution in [2.45, 2.75) is 38.8 Å². The molecule has 4 aromatic carbocycles. The van der Waals surface area contributed by atoms with Crippen LogP contribution in [0.4, 0.5) is 0 Å². The molecule has 5 heteroatoms. The third kappa shape index (κ3) is 2.35. The van der Waals surface area contributed by atoms with Gasteiger partial charge in [0.15, 0.2) is 5.84 Å². The lowest BCUT2D eigenvalue weighted by Gasteiger charge is -2.35. The van der Waals surface area contributed by atoms with E-state index in [0.717, 1.165) is 21.7 Å². The van der Waals surface area contributed by atoms with Crippen LogP contribution in [0.15, 0.2) is 72.0 Å². The number of hydrogen-bond donors (Lipinski definition) is 0. The summed E-state index contributed by atoms with van der Waals surface area (Å²) in [6.45, 7) is 7.86. The maximum absolute atomic E-state index is 13.0. The van der Waals surface area contributed by atoms with Gasteiger partial charge in [-0.25, -0.2) is 4.68 Å². The van der Waals surface area contributed by atoms with E-state index in [0.29, 0.717) is 5.84 Å². The molecule has 5 nitrogen and oxygen atoms in total. The van der Waals surface area contributed by atoms with E-state index in [2.05, 4.69) is 59.7 Å². The number of aliphatic imine (C=N–C) groups is 1. The monoisotopic (exact) mass is 407 g/mol. The van der Waals surface area contributed by atoms with Crippen molar-refractivity contribution in [2.24, 2.45) is 4.99 Å². The lowest BCUT2D eigenvalue weighted by Crippen LogP contribution is -2.50. The van der Waals surface area contributed by atoms with Crippen molar-refractivity contribution in [3.8, 4) is 5.69 Å². The second-order valence-electron chi connectivity index (χ2n) is 9.46. The second-order valence-corrected chi connectivity index (χ2v) is 9.46. The number of amidine groups is 1. The third-order valence-electron chi connectivity index (χ3n) is 7.18. The summed E-state index contributed by atoms with van der Waals surface area (Å²) in [5, 5.41) is 26.0. The van der Waals surface area contributed by atoms with Crippen LogP contribution in [0.3, 0.4) is 0 Å². The molecule has 0 aliphatic carbocycles. The fourth-order valence-corrected chi connectivity index (χ4v) is 4.63. The zero-order chi connectivity index (χ0) is 21.5. The van der Waals surface area contributed by atoms with Gasteiger partial charge in [0, 0.05) is 11.6 Å². The molecular formula is C26H23N4O. The summed E-state index contributed by atoms with van der Waals surface area (Å²) < 4.78 is 1.86. The number of hydroxylamine groups is 2. The summed E-state index contributed by atoms with van der Waals surface area (Å²) in [5.41, 5.74) is 0.641.